The van der Waals surface area contributed by atoms with Crippen molar-refractivity contribution < 1.29 is 14.2 Å². The number of nitrogens with one attached hydrogen (secondary N) is 2. The Morgan fingerprint density at radius 3 is 2.94 bits per heavy atom. The van der Waals surface area contributed by atoms with Crippen molar-refractivity contribution in [2.75, 3.05) is 43.5 Å². The van der Waals surface area contributed by atoms with Crippen LogP contribution >= 0.6 is 0 Å². The van der Waals surface area contributed by atoms with Gasteiger partial charge >= 0.3 is 0 Å². The molecule has 2 aliphatic rings. The summed E-state index contributed by atoms with van der Waals surface area (Å²) in [6.45, 7) is 3.06. The number of hydrogen-bond acceptors (Lipinski definition) is 10. The standard InChI is InChI=1S/C23H30FN9O2/c24-18-14-26-23(29-22(18)25-13-16-4-3-9-32-8-2-1-5-19(16)32)28-17-6-7-21(35-11-10-34)20(12-17)33-15-27-30-31-33/h6-7,12,14-16,19,34H,1-5,8-11,13H2,(H2,25,26,28,29)/t16-,19+/m0/s1. The first-order valence-electron chi connectivity index (χ1n) is 12.1. The maximum absolute atomic E-state index is 14.5. The second-order valence-corrected chi connectivity index (χ2v) is 8.91. The molecule has 2 aliphatic heterocycles. The summed E-state index contributed by atoms with van der Waals surface area (Å²) in [6.07, 6.45) is 8.71. The molecule has 0 radical (unpaired) electrons. The quantitative estimate of drug-likeness (QED) is 0.418. The number of aromatic nitrogens is 6. The van der Waals surface area contributed by atoms with E-state index in [1.807, 2.05) is 0 Å². The molecule has 0 spiro atoms. The summed E-state index contributed by atoms with van der Waals surface area (Å²) < 4.78 is 21.6. The van der Waals surface area contributed by atoms with Crippen LogP contribution in [0.5, 0.6) is 5.75 Å². The van der Waals surface area contributed by atoms with E-state index in [-0.39, 0.29) is 25.0 Å². The van der Waals surface area contributed by atoms with Crippen LogP contribution in [-0.2, 0) is 0 Å². The third-order valence-corrected chi connectivity index (χ3v) is 6.66. The van der Waals surface area contributed by atoms with Crippen LogP contribution in [0.15, 0.2) is 30.7 Å². The van der Waals surface area contributed by atoms with Crippen LogP contribution in [0.1, 0.15) is 32.1 Å². The van der Waals surface area contributed by atoms with Gasteiger partial charge in [-0.2, -0.15) is 9.67 Å². The molecule has 3 N–H and O–H groups in total. The van der Waals surface area contributed by atoms with E-state index in [0.717, 1.165) is 6.42 Å². The second kappa shape index (κ2) is 10.9. The molecular formula is C23H30FN9O2. The van der Waals surface area contributed by atoms with E-state index in [1.54, 1.807) is 18.2 Å². The summed E-state index contributed by atoms with van der Waals surface area (Å²) in [7, 11) is 0. The third-order valence-electron chi connectivity index (χ3n) is 6.66. The molecule has 3 aromatic rings. The Morgan fingerprint density at radius 2 is 2.09 bits per heavy atom. The van der Waals surface area contributed by atoms with Gasteiger partial charge in [0, 0.05) is 18.3 Å². The minimum absolute atomic E-state index is 0.117. The minimum Gasteiger partial charge on any atom is -0.489 e. The average molecular weight is 484 g/mol. The first-order valence-corrected chi connectivity index (χ1v) is 12.1. The zero-order valence-electron chi connectivity index (χ0n) is 19.5. The van der Waals surface area contributed by atoms with Gasteiger partial charge in [-0.1, -0.05) is 6.42 Å². The summed E-state index contributed by atoms with van der Waals surface area (Å²) in [5.41, 5.74) is 1.22. The molecule has 2 aromatic heterocycles. The van der Waals surface area contributed by atoms with E-state index in [1.165, 1.54) is 56.0 Å². The molecule has 4 heterocycles. The molecule has 2 atom stereocenters. The Hall–Kier alpha value is -3.38. The van der Waals surface area contributed by atoms with Crippen molar-refractivity contribution in [3.8, 4) is 11.4 Å². The predicted octanol–water partition coefficient (Wildman–Crippen LogP) is 2.38. The third kappa shape index (κ3) is 5.49. The Morgan fingerprint density at radius 1 is 1.17 bits per heavy atom. The molecule has 2 fully saturated rings. The molecular weight excluding hydrogens is 453 g/mol. The van der Waals surface area contributed by atoms with Gasteiger partial charge in [-0.05, 0) is 73.3 Å². The van der Waals surface area contributed by atoms with Crippen molar-refractivity contribution in [2.24, 2.45) is 5.92 Å². The number of nitrogens with zero attached hydrogens (tertiary/aromatic N) is 7. The molecule has 0 bridgehead atoms. The van der Waals surface area contributed by atoms with Crippen LogP contribution in [0.2, 0.25) is 0 Å². The molecule has 2 saturated heterocycles. The van der Waals surface area contributed by atoms with Crippen molar-refractivity contribution in [3.05, 3.63) is 36.5 Å². The molecule has 12 heteroatoms. The SMILES string of the molecule is OCCOc1ccc(Nc2ncc(F)c(NC[C@@H]3CCCN4CCCC[C@H]34)n2)cc1-n1cnnn1. The van der Waals surface area contributed by atoms with E-state index < -0.39 is 5.82 Å². The van der Waals surface area contributed by atoms with E-state index in [0.29, 0.717) is 35.6 Å². The second-order valence-electron chi connectivity index (χ2n) is 8.91. The summed E-state index contributed by atoms with van der Waals surface area (Å²) in [4.78, 5) is 11.1. The van der Waals surface area contributed by atoms with E-state index >= 15 is 0 Å². The van der Waals surface area contributed by atoms with Crippen molar-refractivity contribution >= 4 is 17.5 Å². The number of rotatable bonds is 9. The number of ether oxygens (including phenoxy) is 1. The first kappa shape index (κ1) is 23.4. The molecule has 0 saturated carbocycles. The number of anilines is 3. The number of fused-ring (bicyclic) bond motifs is 1. The van der Waals surface area contributed by atoms with Crippen LogP contribution < -0.4 is 15.4 Å². The summed E-state index contributed by atoms with van der Waals surface area (Å²) in [5.74, 6) is 0.972. The molecule has 0 amide bonds. The van der Waals surface area contributed by atoms with E-state index in [9.17, 15) is 4.39 Å². The Balaban J connectivity index is 1.29. The highest BCUT2D eigenvalue weighted by Crippen LogP contribution is 2.31. The lowest BCUT2D eigenvalue weighted by molar-refractivity contribution is 0.0648. The summed E-state index contributed by atoms with van der Waals surface area (Å²) in [5, 5.41) is 26.7. The van der Waals surface area contributed by atoms with Crippen LogP contribution in [0.4, 0.5) is 21.8 Å². The number of hydrogen-bond donors (Lipinski definition) is 3. The number of aliphatic hydroxyl groups is 1. The minimum atomic E-state index is -0.478. The lowest BCUT2D eigenvalue weighted by atomic mass is 9.83. The number of benzene rings is 1. The summed E-state index contributed by atoms with van der Waals surface area (Å²) >= 11 is 0. The number of piperidine rings is 2. The van der Waals surface area contributed by atoms with Crippen LogP contribution in [0.3, 0.4) is 0 Å². The molecule has 1 aromatic carbocycles. The maximum atomic E-state index is 14.5. The average Bonchev–Trinajstić information content (AvgIpc) is 3.43. The Kier molecular flexibility index (Phi) is 7.28. The molecule has 35 heavy (non-hydrogen) atoms. The lowest BCUT2D eigenvalue weighted by Gasteiger charge is -2.44. The van der Waals surface area contributed by atoms with Crippen LogP contribution in [-0.4, -0.2) is 79.1 Å². The van der Waals surface area contributed by atoms with Gasteiger partial charge in [0.1, 0.15) is 24.4 Å². The molecule has 11 nitrogen and oxygen atoms in total. The van der Waals surface area contributed by atoms with E-state index in [4.69, 9.17) is 9.84 Å². The van der Waals surface area contributed by atoms with Gasteiger partial charge in [-0.15, -0.1) is 5.10 Å². The van der Waals surface area contributed by atoms with Crippen LogP contribution in [0.25, 0.3) is 5.69 Å². The number of halogens is 1. The first-order chi connectivity index (χ1) is 17.2. The van der Waals surface area contributed by atoms with Gasteiger partial charge in [0.15, 0.2) is 11.6 Å². The lowest BCUT2D eigenvalue weighted by Crippen LogP contribution is -2.49. The fourth-order valence-electron chi connectivity index (χ4n) is 5.05. The van der Waals surface area contributed by atoms with Crippen molar-refractivity contribution in [3.63, 3.8) is 0 Å². The van der Waals surface area contributed by atoms with Gasteiger partial charge < -0.3 is 25.4 Å². The highest BCUT2D eigenvalue weighted by molar-refractivity contribution is 5.62. The van der Waals surface area contributed by atoms with Gasteiger partial charge in [-0.25, -0.2) is 9.37 Å². The normalized spacial score (nSPS) is 20.3. The van der Waals surface area contributed by atoms with Gasteiger partial charge in [0.2, 0.25) is 5.95 Å². The number of aliphatic hydroxyl groups excluding tert-OH is 1. The van der Waals surface area contributed by atoms with Crippen molar-refractivity contribution in [1.29, 1.82) is 0 Å². The smallest absolute Gasteiger partial charge is 0.229 e. The predicted molar refractivity (Wildman–Crippen MR) is 127 cm³/mol. The largest absolute Gasteiger partial charge is 0.489 e. The van der Waals surface area contributed by atoms with Crippen molar-refractivity contribution in [1.82, 2.24) is 35.1 Å². The van der Waals surface area contributed by atoms with Gasteiger partial charge in [0.25, 0.3) is 0 Å². The Bertz CT molecular complexity index is 1110. The molecule has 5 rings (SSSR count). The number of tetrazole rings is 1. The fraction of sp³-hybridized carbons (Fsp3) is 0.522. The highest BCUT2D eigenvalue weighted by Gasteiger charge is 2.32. The summed E-state index contributed by atoms with van der Waals surface area (Å²) in [6, 6.07) is 5.85. The topological polar surface area (TPSA) is 126 Å². The monoisotopic (exact) mass is 483 g/mol. The van der Waals surface area contributed by atoms with Gasteiger partial charge in [-0.3, -0.25) is 0 Å². The van der Waals surface area contributed by atoms with Crippen molar-refractivity contribution in [2.45, 2.75) is 38.1 Å². The van der Waals surface area contributed by atoms with Crippen LogP contribution in [0, 0.1) is 11.7 Å². The molecule has 0 aliphatic carbocycles. The molecule has 186 valence electrons. The van der Waals surface area contributed by atoms with E-state index in [2.05, 4.69) is 41.0 Å². The Labute approximate surface area is 202 Å². The maximum Gasteiger partial charge on any atom is 0.229 e. The molecule has 0 unspecified atom stereocenters. The fourth-order valence-corrected chi connectivity index (χ4v) is 5.05. The highest BCUT2D eigenvalue weighted by atomic mass is 19.1. The zero-order valence-corrected chi connectivity index (χ0v) is 19.5. The zero-order chi connectivity index (χ0) is 24.0. The van der Waals surface area contributed by atoms with Gasteiger partial charge in [0.05, 0.1) is 12.8 Å².